The van der Waals surface area contributed by atoms with E-state index in [9.17, 15) is 27.9 Å². The molecule has 252 valence electrons. The zero-order valence-electron chi connectivity index (χ0n) is 26.3. The highest BCUT2D eigenvalue weighted by Crippen LogP contribution is 2.43. The van der Waals surface area contributed by atoms with Gasteiger partial charge in [0.2, 0.25) is 23.8 Å². The van der Waals surface area contributed by atoms with Crippen molar-refractivity contribution < 1.29 is 32.6 Å². The van der Waals surface area contributed by atoms with Gasteiger partial charge in [-0.05, 0) is 68.1 Å². The highest BCUT2D eigenvalue weighted by atomic mass is 19.4. The Labute approximate surface area is 270 Å². The largest absolute Gasteiger partial charge is 0.480 e. The van der Waals surface area contributed by atoms with Gasteiger partial charge in [0.05, 0.1) is 11.4 Å². The second-order valence-electron chi connectivity index (χ2n) is 12.9. The quantitative estimate of drug-likeness (QED) is 0.341. The maximum Gasteiger partial charge on any atom is 0.429 e. The smallest absolute Gasteiger partial charge is 0.429 e. The minimum Gasteiger partial charge on any atom is -0.480 e. The molecular weight excluding hydrogens is 617 g/mol. The van der Waals surface area contributed by atoms with Gasteiger partial charge in [0, 0.05) is 57.5 Å². The number of aryl methyl sites for hydroxylation is 1. The highest BCUT2D eigenvalue weighted by molar-refractivity contribution is 5.74. The maximum absolute atomic E-state index is 14.9. The SMILES string of the molecule is CC(=O)N1CCC(c2ccc(C(Oc3cc(N4CCC5(CC4)CN[C@H](C(=O)O)C5)nc(N)n3)C(F)(F)F)c(-n3ccc(C)n3)c2)CC1. The minimum absolute atomic E-state index is 0.00869. The molecule has 15 heteroatoms. The average Bonchev–Trinajstić information content (AvgIpc) is 3.66. The van der Waals surface area contributed by atoms with Crippen LogP contribution in [0.5, 0.6) is 5.88 Å². The van der Waals surface area contributed by atoms with E-state index in [0.29, 0.717) is 76.3 Å². The summed E-state index contributed by atoms with van der Waals surface area (Å²) in [5, 5.41) is 16.9. The van der Waals surface area contributed by atoms with Crippen molar-refractivity contribution in [2.24, 2.45) is 5.41 Å². The van der Waals surface area contributed by atoms with Crippen molar-refractivity contribution in [3.8, 4) is 11.6 Å². The summed E-state index contributed by atoms with van der Waals surface area (Å²) in [6.45, 7) is 6.12. The van der Waals surface area contributed by atoms with Crippen LogP contribution in [0.4, 0.5) is 24.9 Å². The second kappa shape index (κ2) is 12.7. The van der Waals surface area contributed by atoms with Crippen LogP contribution in [0.15, 0.2) is 36.5 Å². The number of nitrogen functional groups attached to an aromatic ring is 1. The van der Waals surface area contributed by atoms with Crippen LogP contribution in [-0.2, 0) is 9.59 Å². The number of carboxylic acids is 1. The lowest BCUT2D eigenvalue weighted by atomic mass is 9.76. The van der Waals surface area contributed by atoms with Gasteiger partial charge in [0.25, 0.3) is 0 Å². The Morgan fingerprint density at radius 3 is 2.43 bits per heavy atom. The predicted molar refractivity (Wildman–Crippen MR) is 166 cm³/mol. The molecule has 1 aromatic carbocycles. The topological polar surface area (TPSA) is 152 Å². The molecule has 1 amide bonds. The van der Waals surface area contributed by atoms with Crippen molar-refractivity contribution in [2.75, 3.05) is 43.4 Å². The highest BCUT2D eigenvalue weighted by Gasteiger charge is 2.46. The summed E-state index contributed by atoms with van der Waals surface area (Å²) in [5.41, 5.74) is 7.44. The molecule has 0 aliphatic carbocycles. The Morgan fingerprint density at radius 1 is 1.11 bits per heavy atom. The van der Waals surface area contributed by atoms with Gasteiger partial charge in [-0.1, -0.05) is 12.1 Å². The van der Waals surface area contributed by atoms with Crippen LogP contribution in [0.2, 0.25) is 0 Å². The first-order chi connectivity index (χ1) is 22.3. The third-order valence-electron chi connectivity index (χ3n) is 9.77. The van der Waals surface area contributed by atoms with Crippen LogP contribution in [0, 0.1) is 12.3 Å². The van der Waals surface area contributed by atoms with E-state index in [4.69, 9.17) is 10.5 Å². The zero-order valence-corrected chi connectivity index (χ0v) is 26.3. The molecule has 3 saturated heterocycles. The number of carboxylic acid groups (broad SMARTS) is 1. The molecule has 1 unspecified atom stereocenters. The number of ether oxygens (including phenoxy) is 1. The van der Waals surface area contributed by atoms with Crippen LogP contribution < -0.4 is 20.7 Å². The molecule has 3 aromatic rings. The number of hydrogen-bond acceptors (Lipinski definition) is 9. The van der Waals surface area contributed by atoms with Crippen molar-refractivity contribution in [1.29, 1.82) is 0 Å². The number of piperidine rings is 2. The third kappa shape index (κ3) is 6.99. The number of nitrogens with zero attached hydrogens (tertiary/aromatic N) is 6. The number of hydrogen-bond donors (Lipinski definition) is 3. The monoisotopic (exact) mass is 656 g/mol. The van der Waals surface area contributed by atoms with Gasteiger partial charge in [0.1, 0.15) is 11.9 Å². The summed E-state index contributed by atoms with van der Waals surface area (Å²) < 4.78 is 51.7. The molecule has 4 N–H and O–H groups in total. The molecule has 3 aliphatic heterocycles. The van der Waals surface area contributed by atoms with Crippen molar-refractivity contribution in [1.82, 2.24) is 30.0 Å². The summed E-state index contributed by atoms with van der Waals surface area (Å²) in [5.74, 6) is -0.976. The Kier molecular flexibility index (Phi) is 8.76. The number of aromatic nitrogens is 4. The van der Waals surface area contributed by atoms with Crippen molar-refractivity contribution in [3.63, 3.8) is 0 Å². The van der Waals surface area contributed by atoms with Gasteiger partial charge in [-0.25, -0.2) is 4.68 Å². The summed E-state index contributed by atoms with van der Waals surface area (Å²) in [6, 6.07) is 7.37. The molecule has 0 radical (unpaired) electrons. The summed E-state index contributed by atoms with van der Waals surface area (Å²) in [4.78, 5) is 35.3. The number of anilines is 2. The summed E-state index contributed by atoms with van der Waals surface area (Å²) in [7, 11) is 0. The first-order valence-electron chi connectivity index (χ1n) is 15.8. The number of benzene rings is 1. The van der Waals surface area contributed by atoms with Gasteiger partial charge < -0.3 is 30.7 Å². The molecule has 3 fully saturated rings. The van der Waals surface area contributed by atoms with Crippen LogP contribution >= 0.6 is 0 Å². The minimum atomic E-state index is -4.82. The fraction of sp³-hybridized carbons (Fsp3) is 0.531. The molecule has 3 aliphatic rings. The Hall–Kier alpha value is -4.40. The van der Waals surface area contributed by atoms with Gasteiger partial charge in [-0.3, -0.25) is 9.59 Å². The van der Waals surface area contributed by atoms with E-state index in [1.165, 1.54) is 23.7 Å². The molecule has 0 bridgehead atoms. The third-order valence-corrected chi connectivity index (χ3v) is 9.77. The number of carbonyl (C=O) groups excluding carboxylic acids is 1. The average molecular weight is 657 g/mol. The molecule has 6 rings (SSSR count). The normalized spacial score (nSPS) is 20.8. The Bertz CT molecular complexity index is 1630. The molecule has 12 nitrogen and oxygen atoms in total. The zero-order chi connectivity index (χ0) is 33.5. The standard InChI is InChI=1S/C32H39F3N8O4/c1-19-5-12-43(40-19)25-15-22(21-6-10-41(11-7-21)20(2)44)3-4-23(25)28(32(33,34)35)47-27-16-26(38-30(36)39-27)42-13-8-31(9-14-42)17-24(29(45)46)37-18-31/h3-5,12,15-16,21,24,28,37H,6-11,13-14,17-18H2,1-2H3,(H,45,46)(H2,36,38,39)/t24-,28?/m0/s1. The van der Waals surface area contributed by atoms with Crippen molar-refractivity contribution in [3.05, 3.63) is 53.3 Å². The molecule has 0 saturated carbocycles. The second-order valence-corrected chi connectivity index (χ2v) is 12.9. The van der Waals surface area contributed by atoms with Crippen molar-refractivity contribution >= 4 is 23.6 Å². The number of amides is 1. The fourth-order valence-electron chi connectivity index (χ4n) is 7.07. The van der Waals surface area contributed by atoms with Crippen molar-refractivity contribution in [2.45, 2.75) is 70.2 Å². The number of rotatable bonds is 7. The van der Waals surface area contributed by atoms with Gasteiger partial charge in [0.15, 0.2) is 0 Å². The Morgan fingerprint density at radius 2 is 1.83 bits per heavy atom. The molecular formula is C32H39F3N8O4. The van der Waals surface area contributed by atoms with E-state index in [2.05, 4.69) is 20.4 Å². The maximum atomic E-state index is 14.9. The number of likely N-dealkylation sites (tertiary alicyclic amines) is 1. The van der Waals surface area contributed by atoms with Gasteiger partial charge in [-0.2, -0.15) is 28.2 Å². The first kappa shape index (κ1) is 32.5. The number of halogens is 3. The van der Waals surface area contributed by atoms with E-state index >= 15 is 0 Å². The van der Waals surface area contributed by atoms with E-state index in [0.717, 1.165) is 5.56 Å². The number of nitrogens with one attached hydrogen (secondary N) is 1. The van der Waals surface area contributed by atoms with Gasteiger partial charge in [-0.15, -0.1) is 0 Å². The molecule has 5 heterocycles. The van der Waals surface area contributed by atoms with Crippen LogP contribution in [-0.4, -0.2) is 86.6 Å². The van der Waals surface area contributed by atoms with Gasteiger partial charge >= 0.3 is 12.1 Å². The Balaban J connectivity index is 1.27. The number of alkyl halides is 3. The van der Waals surface area contributed by atoms with E-state index in [1.54, 1.807) is 36.2 Å². The number of aliphatic carboxylic acids is 1. The van der Waals surface area contributed by atoms with E-state index in [1.807, 2.05) is 4.90 Å². The predicted octanol–water partition coefficient (Wildman–Crippen LogP) is 3.99. The van der Waals surface area contributed by atoms with E-state index < -0.39 is 24.3 Å². The first-order valence-corrected chi connectivity index (χ1v) is 15.8. The van der Waals surface area contributed by atoms with E-state index in [-0.39, 0.29) is 40.3 Å². The molecule has 1 spiro atoms. The molecule has 47 heavy (non-hydrogen) atoms. The van der Waals surface area contributed by atoms with Crippen LogP contribution in [0.1, 0.15) is 67.9 Å². The molecule has 2 atom stereocenters. The summed E-state index contributed by atoms with van der Waals surface area (Å²) in [6.07, 6.45) is -2.27. The molecule has 2 aromatic heterocycles. The van der Waals surface area contributed by atoms with Crippen LogP contribution in [0.3, 0.4) is 0 Å². The lowest BCUT2D eigenvalue weighted by Crippen LogP contribution is -2.41. The lowest BCUT2D eigenvalue weighted by molar-refractivity contribution is -0.198. The number of carbonyl (C=O) groups is 2. The number of nitrogens with two attached hydrogens (primary N) is 1. The lowest BCUT2D eigenvalue weighted by Gasteiger charge is -2.39. The van der Waals surface area contributed by atoms with Crippen LogP contribution in [0.25, 0.3) is 5.69 Å². The summed E-state index contributed by atoms with van der Waals surface area (Å²) >= 11 is 0. The fourth-order valence-corrected chi connectivity index (χ4v) is 7.07.